The van der Waals surface area contributed by atoms with Gasteiger partial charge in [-0.2, -0.15) is 0 Å². The van der Waals surface area contributed by atoms with Crippen LogP contribution < -0.4 is 5.32 Å². The molecule has 2 unspecified atom stereocenters. The van der Waals surface area contributed by atoms with Crippen molar-refractivity contribution in [3.05, 3.63) is 0 Å². The average molecular weight is 285 g/mol. The van der Waals surface area contributed by atoms with Crippen LogP contribution in [-0.2, 0) is 9.53 Å². The van der Waals surface area contributed by atoms with Crippen molar-refractivity contribution in [1.82, 2.24) is 10.2 Å². The molecule has 2 aliphatic heterocycles. The molecule has 2 atom stereocenters. The number of hydrogen-bond acceptors (Lipinski definition) is 3. The number of alkyl halides is 2. The highest BCUT2D eigenvalue weighted by molar-refractivity contribution is 5.85. The van der Waals surface area contributed by atoms with Gasteiger partial charge in [0.2, 0.25) is 5.91 Å². The monoisotopic (exact) mass is 284 g/mol. The van der Waals surface area contributed by atoms with Crippen molar-refractivity contribution in [2.75, 3.05) is 33.4 Å². The largest absolute Gasteiger partial charge is 0.384 e. The van der Waals surface area contributed by atoms with Gasteiger partial charge in [-0.25, -0.2) is 8.78 Å². The first kappa shape index (κ1) is 15.6. The number of methoxy groups -OCH3 is 1. The van der Waals surface area contributed by atoms with E-state index in [9.17, 15) is 13.6 Å². The van der Waals surface area contributed by atoms with Crippen LogP contribution in [0.5, 0.6) is 0 Å². The van der Waals surface area contributed by atoms with E-state index in [1.54, 1.807) is 12.0 Å². The fourth-order valence-corrected chi connectivity index (χ4v) is 2.52. The highest BCUT2D eigenvalue weighted by atomic mass is 35.5. The molecular formula is C11H19ClF2N2O2. The molecule has 2 heterocycles. The molecule has 1 amide bonds. The van der Waals surface area contributed by atoms with Crippen molar-refractivity contribution < 1.29 is 18.3 Å². The van der Waals surface area contributed by atoms with Crippen LogP contribution in [0.4, 0.5) is 8.78 Å². The molecule has 0 radical (unpaired) electrons. The van der Waals surface area contributed by atoms with Crippen molar-refractivity contribution in [3.8, 4) is 0 Å². The predicted octanol–water partition coefficient (Wildman–Crippen LogP) is 0.900. The molecule has 2 rings (SSSR count). The van der Waals surface area contributed by atoms with Gasteiger partial charge in [0.15, 0.2) is 0 Å². The molecule has 0 aromatic rings. The topological polar surface area (TPSA) is 41.6 Å². The fraction of sp³-hybridized carbons (Fsp3) is 0.909. The predicted molar refractivity (Wildman–Crippen MR) is 65.2 cm³/mol. The number of amides is 1. The summed E-state index contributed by atoms with van der Waals surface area (Å²) in [6, 6.07) is -0.716. The number of nitrogens with zero attached hydrogens (tertiary/aromatic N) is 1. The third kappa shape index (κ3) is 3.52. The van der Waals surface area contributed by atoms with E-state index in [-0.39, 0.29) is 24.7 Å². The normalized spacial score (nSPS) is 30.3. The Morgan fingerprint density at radius 2 is 2.28 bits per heavy atom. The first-order chi connectivity index (χ1) is 8.02. The highest BCUT2D eigenvalue weighted by Crippen LogP contribution is 2.27. The summed E-state index contributed by atoms with van der Waals surface area (Å²) in [6.07, 6.45) is 0.514. The fourth-order valence-electron chi connectivity index (χ4n) is 2.52. The molecule has 18 heavy (non-hydrogen) atoms. The lowest BCUT2D eigenvalue weighted by atomic mass is 10.1. The van der Waals surface area contributed by atoms with Gasteiger partial charge >= 0.3 is 0 Å². The van der Waals surface area contributed by atoms with Crippen LogP contribution in [-0.4, -0.2) is 56.1 Å². The Labute approximate surface area is 111 Å². The van der Waals surface area contributed by atoms with E-state index in [1.807, 2.05) is 0 Å². The van der Waals surface area contributed by atoms with Gasteiger partial charge in [-0.3, -0.25) is 10.1 Å². The minimum Gasteiger partial charge on any atom is -0.384 e. The minimum absolute atomic E-state index is 0. The number of carbonyl (C=O) groups excluding carboxylic acids is 1. The summed E-state index contributed by atoms with van der Waals surface area (Å²) in [5.41, 5.74) is 0. The van der Waals surface area contributed by atoms with Crippen LogP contribution >= 0.6 is 12.4 Å². The molecule has 4 nitrogen and oxygen atoms in total. The molecule has 106 valence electrons. The van der Waals surface area contributed by atoms with Crippen molar-refractivity contribution >= 4 is 18.3 Å². The molecule has 0 aromatic heterocycles. The molecule has 0 spiro atoms. The van der Waals surface area contributed by atoms with Gasteiger partial charge in [0, 0.05) is 32.5 Å². The third-order valence-corrected chi connectivity index (χ3v) is 3.41. The Kier molecular flexibility index (Phi) is 5.31. The van der Waals surface area contributed by atoms with Crippen molar-refractivity contribution in [1.29, 1.82) is 0 Å². The maximum Gasteiger partial charge on any atom is 0.262 e. The number of carbonyl (C=O) groups is 1. The van der Waals surface area contributed by atoms with Crippen LogP contribution in [0.2, 0.25) is 0 Å². The molecule has 0 saturated carbocycles. The molecule has 1 N–H and O–H groups in total. The van der Waals surface area contributed by atoms with Crippen molar-refractivity contribution in [3.63, 3.8) is 0 Å². The zero-order chi connectivity index (χ0) is 12.5. The number of ether oxygens (including phenoxy) is 1. The lowest BCUT2D eigenvalue weighted by Crippen LogP contribution is -2.42. The smallest absolute Gasteiger partial charge is 0.262 e. The third-order valence-electron chi connectivity index (χ3n) is 3.41. The summed E-state index contributed by atoms with van der Waals surface area (Å²) < 4.78 is 31.0. The van der Waals surface area contributed by atoms with E-state index in [0.29, 0.717) is 25.6 Å². The Morgan fingerprint density at radius 1 is 1.56 bits per heavy atom. The first-order valence-corrected chi connectivity index (χ1v) is 5.91. The second-order valence-corrected chi connectivity index (χ2v) is 4.89. The first-order valence-electron chi connectivity index (χ1n) is 5.91. The van der Waals surface area contributed by atoms with Gasteiger partial charge in [0.05, 0.1) is 19.2 Å². The van der Waals surface area contributed by atoms with Crippen LogP contribution in [0.25, 0.3) is 0 Å². The maximum atomic E-state index is 13.0. The SMILES string of the molecule is COCC1CCN(C(=O)C2CC(F)(F)CN2)C1.Cl. The molecule has 2 saturated heterocycles. The van der Waals surface area contributed by atoms with E-state index in [0.717, 1.165) is 6.42 Å². The quantitative estimate of drug-likeness (QED) is 0.837. The standard InChI is InChI=1S/C11H18F2N2O2.ClH/c1-17-6-8-2-3-15(5-8)10(16)9-4-11(12,13)7-14-9;/h8-9,14H,2-7H2,1H3;1H. The van der Waals surface area contributed by atoms with Crippen molar-refractivity contribution in [2.24, 2.45) is 5.92 Å². The van der Waals surface area contributed by atoms with Crippen LogP contribution in [0.1, 0.15) is 12.8 Å². The number of nitrogens with one attached hydrogen (secondary N) is 1. The molecule has 0 aliphatic carbocycles. The molecule has 2 fully saturated rings. The summed E-state index contributed by atoms with van der Waals surface area (Å²) in [6.45, 7) is 1.50. The number of rotatable bonds is 3. The second-order valence-electron chi connectivity index (χ2n) is 4.89. The second kappa shape index (κ2) is 6.12. The zero-order valence-electron chi connectivity index (χ0n) is 10.3. The molecule has 0 aromatic carbocycles. The Hall–Kier alpha value is -0.460. The molecular weight excluding hydrogens is 266 g/mol. The van der Waals surface area contributed by atoms with Gasteiger partial charge in [0.1, 0.15) is 0 Å². The number of hydrogen-bond donors (Lipinski definition) is 1. The van der Waals surface area contributed by atoms with E-state index in [4.69, 9.17) is 4.74 Å². The summed E-state index contributed by atoms with van der Waals surface area (Å²) in [5, 5.41) is 2.60. The van der Waals surface area contributed by atoms with Crippen LogP contribution in [0.3, 0.4) is 0 Å². The van der Waals surface area contributed by atoms with Gasteiger partial charge < -0.3 is 9.64 Å². The summed E-state index contributed by atoms with van der Waals surface area (Å²) in [4.78, 5) is 13.6. The molecule has 7 heteroatoms. The number of halogens is 3. The maximum absolute atomic E-state index is 13.0. The van der Waals surface area contributed by atoms with Crippen LogP contribution in [0.15, 0.2) is 0 Å². The zero-order valence-corrected chi connectivity index (χ0v) is 11.1. The lowest BCUT2D eigenvalue weighted by molar-refractivity contribution is -0.132. The van der Waals surface area contributed by atoms with Gasteiger partial charge in [-0.05, 0) is 6.42 Å². The van der Waals surface area contributed by atoms with Gasteiger partial charge in [-0.1, -0.05) is 0 Å². The van der Waals surface area contributed by atoms with Crippen LogP contribution in [0, 0.1) is 5.92 Å². The summed E-state index contributed by atoms with van der Waals surface area (Å²) in [5.74, 6) is -2.60. The Bertz CT molecular complexity index is 305. The number of likely N-dealkylation sites (tertiary alicyclic amines) is 1. The highest BCUT2D eigenvalue weighted by Gasteiger charge is 2.44. The van der Waals surface area contributed by atoms with E-state index < -0.39 is 18.5 Å². The minimum atomic E-state index is -2.74. The van der Waals surface area contributed by atoms with E-state index in [2.05, 4.69) is 5.32 Å². The summed E-state index contributed by atoms with van der Waals surface area (Å²) in [7, 11) is 1.63. The average Bonchev–Trinajstić information content (AvgIpc) is 2.85. The van der Waals surface area contributed by atoms with Crippen molar-refractivity contribution in [2.45, 2.75) is 24.8 Å². The molecule has 2 aliphatic rings. The van der Waals surface area contributed by atoms with Gasteiger partial charge in [-0.15, -0.1) is 12.4 Å². The Morgan fingerprint density at radius 3 is 2.83 bits per heavy atom. The molecule has 0 bridgehead atoms. The van der Waals surface area contributed by atoms with E-state index >= 15 is 0 Å². The Balaban J connectivity index is 0.00000162. The lowest BCUT2D eigenvalue weighted by Gasteiger charge is -2.20. The summed E-state index contributed by atoms with van der Waals surface area (Å²) >= 11 is 0. The van der Waals surface area contributed by atoms with E-state index in [1.165, 1.54) is 0 Å². The van der Waals surface area contributed by atoms with Gasteiger partial charge in [0.25, 0.3) is 5.92 Å².